The van der Waals surface area contributed by atoms with Gasteiger partial charge in [-0.05, 0) is 53.4 Å². The molecule has 16 heavy (non-hydrogen) atoms. The van der Waals surface area contributed by atoms with E-state index in [9.17, 15) is 0 Å². The monoisotopic (exact) mass is 299 g/mol. The maximum absolute atomic E-state index is 5.37. The number of rotatable bonds is 4. The van der Waals surface area contributed by atoms with Gasteiger partial charge in [0.1, 0.15) is 5.76 Å². The van der Waals surface area contributed by atoms with Crippen LogP contribution in [0.1, 0.15) is 36.6 Å². The minimum absolute atomic E-state index is 0.221. The van der Waals surface area contributed by atoms with Crippen LogP contribution in [0.25, 0.3) is 0 Å². The molecule has 4 heteroatoms. The van der Waals surface area contributed by atoms with Gasteiger partial charge in [-0.3, -0.25) is 0 Å². The number of nitrogens with one attached hydrogen (secondary N) is 1. The molecule has 0 aromatic carbocycles. The van der Waals surface area contributed by atoms with E-state index in [2.05, 4.69) is 46.5 Å². The van der Waals surface area contributed by atoms with Crippen LogP contribution in [-0.4, -0.2) is 0 Å². The molecule has 2 heterocycles. The molecule has 2 nitrogen and oxygen atoms in total. The van der Waals surface area contributed by atoms with Gasteiger partial charge in [-0.1, -0.05) is 0 Å². The highest BCUT2D eigenvalue weighted by Gasteiger charge is 2.15. The van der Waals surface area contributed by atoms with Gasteiger partial charge in [-0.15, -0.1) is 11.3 Å². The maximum Gasteiger partial charge on any atom is 0.120 e. The van der Waals surface area contributed by atoms with Crippen molar-refractivity contribution in [3.8, 4) is 0 Å². The molecule has 0 radical (unpaired) electrons. The third-order valence-electron chi connectivity index (χ3n) is 2.51. The van der Waals surface area contributed by atoms with Crippen molar-refractivity contribution in [2.24, 2.45) is 0 Å². The molecule has 0 saturated heterocycles. The molecule has 0 aliphatic carbocycles. The van der Waals surface area contributed by atoms with Crippen molar-refractivity contribution >= 4 is 27.3 Å². The summed E-state index contributed by atoms with van der Waals surface area (Å²) in [6.07, 6.45) is 1.71. The topological polar surface area (TPSA) is 25.2 Å². The fourth-order valence-corrected chi connectivity index (χ4v) is 3.42. The summed E-state index contributed by atoms with van der Waals surface area (Å²) in [5.41, 5.74) is 0. The van der Waals surface area contributed by atoms with Crippen molar-refractivity contribution in [2.75, 3.05) is 0 Å². The van der Waals surface area contributed by atoms with Gasteiger partial charge in [-0.25, -0.2) is 0 Å². The predicted molar refractivity (Wildman–Crippen MR) is 70.7 cm³/mol. The Hall–Kier alpha value is -0.580. The van der Waals surface area contributed by atoms with Gasteiger partial charge in [0.25, 0.3) is 0 Å². The highest BCUT2D eigenvalue weighted by molar-refractivity contribution is 9.10. The van der Waals surface area contributed by atoms with Crippen LogP contribution in [0, 0.1) is 0 Å². The van der Waals surface area contributed by atoms with E-state index in [0.717, 1.165) is 5.76 Å². The average Bonchev–Trinajstić information content (AvgIpc) is 2.86. The summed E-state index contributed by atoms with van der Waals surface area (Å²) in [6, 6.07) is 6.52. The molecule has 0 aliphatic heterocycles. The molecular formula is C12H14BrNOS. The van der Waals surface area contributed by atoms with Crippen molar-refractivity contribution in [2.45, 2.75) is 25.9 Å². The van der Waals surface area contributed by atoms with Crippen LogP contribution < -0.4 is 5.32 Å². The largest absolute Gasteiger partial charge is 0.468 e. The number of hydrogen-bond donors (Lipinski definition) is 1. The standard InChI is InChI=1S/C12H14BrNOS/c1-8(11-4-3-6-15-11)14-9(2)12-10(13)5-7-16-12/h3-9,14H,1-2H3/t8-,9?/m0/s1. The summed E-state index contributed by atoms with van der Waals surface area (Å²) in [5.74, 6) is 0.972. The summed E-state index contributed by atoms with van der Waals surface area (Å²) >= 11 is 5.31. The Kier molecular flexibility index (Phi) is 3.84. The van der Waals surface area contributed by atoms with E-state index >= 15 is 0 Å². The first-order valence-corrected chi connectivity index (χ1v) is 6.88. The van der Waals surface area contributed by atoms with Crippen LogP contribution in [0.2, 0.25) is 0 Å². The minimum Gasteiger partial charge on any atom is -0.468 e. The van der Waals surface area contributed by atoms with Crippen LogP contribution in [0.3, 0.4) is 0 Å². The molecule has 2 rings (SSSR count). The summed E-state index contributed by atoms with van der Waals surface area (Å²) < 4.78 is 6.54. The second kappa shape index (κ2) is 5.17. The molecule has 0 amide bonds. The zero-order valence-electron chi connectivity index (χ0n) is 9.24. The SMILES string of the molecule is CC(N[C@@H](C)c1ccco1)c1sccc1Br. The van der Waals surface area contributed by atoms with Gasteiger partial charge < -0.3 is 9.73 Å². The van der Waals surface area contributed by atoms with Crippen molar-refractivity contribution in [3.63, 3.8) is 0 Å². The number of furan rings is 1. The van der Waals surface area contributed by atoms with Crippen molar-refractivity contribution in [3.05, 3.63) is 45.0 Å². The first-order chi connectivity index (χ1) is 7.68. The van der Waals surface area contributed by atoms with E-state index in [1.807, 2.05) is 12.1 Å². The Morgan fingerprint density at radius 3 is 2.69 bits per heavy atom. The van der Waals surface area contributed by atoms with Gasteiger partial charge in [0.15, 0.2) is 0 Å². The normalized spacial score (nSPS) is 14.9. The van der Waals surface area contributed by atoms with Gasteiger partial charge in [0, 0.05) is 15.4 Å². The van der Waals surface area contributed by atoms with Crippen molar-refractivity contribution < 1.29 is 4.42 Å². The Morgan fingerprint density at radius 2 is 2.12 bits per heavy atom. The summed E-state index contributed by atoms with van der Waals surface area (Å²) in [6.45, 7) is 4.27. The molecule has 0 saturated carbocycles. The summed E-state index contributed by atoms with van der Waals surface area (Å²) in [4.78, 5) is 1.32. The second-order valence-corrected chi connectivity index (χ2v) is 5.56. The predicted octanol–water partition coefficient (Wildman–Crippen LogP) is 4.52. The van der Waals surface area contributed by atoms with Crippen molar-refractivity contribution in [1.82, 2.24) is 5.32 Å². The van der Waals surface area contributed by atoms with Gasteiger partial charge in [0.2, 0.25) is 0 Å². The Balaban J connectivity index is 2.03. The fourth-order valence-electron chi connectivity index (χ4n) is 1.68. The molecule has 0 aliphatic rings. The summed E-state index contributed by atoms with van der Waals surface area (Å²) in [5, 5.41) is 5.60. The lowest BCUT2D eigenvalue weighted by molar-refractivity contribution is 0.404. The molecule has 2 atom stereocenters. The average molecular weight is 300 g/mol. The van der Waals surface area contributed by atoms with E-state index < -0.39 is 0 Å². The van der Waals surface area contributed by atoms with E-state index in [-0.39, 0.29) is 6.04 Å². The molecule has 86 valence electrons. The molecular weight excluding hydrogens is 286 g/mol. The number of thiophene rings is 1. The molecule has 0 fully saturated rings. The fraction of sp³-hybridized carbons (Fsp3) is 0.333. The van der Waals surface area contributed by atoms with E-state index in [1.165, 1.54) is 9.35 Å². The zero-order valence-corrected chi connectivity index (χ0v) is 11.6. The molecule has 1 unspecified atom stereocenters. The quantitative estimate of drug-likeness (QED) is 0.898. The van der Waals surface area contributed by atoms with Gasteiger partial charge in [0.05, 0.1) is 12.3 Å². The molecule has 2 aromatic heterocycles. The first-order valence-electron chi connectivity index (χ1n) is 5.21. The minimum atomic E-state index is 0.221. The number of hydrogen-bond acceptors (Lipinski definition) is 3. The van der Waals surface area contributed by atoms with Crippen LogP contribution in [0.5, 0.6) is 0 Å². The van der Waals surface area contributed by atoms with Crippen LogP contribution in [0.15, 0.2) is 38.7 Å². The van der Waals surface area contributed by atoms with E-state index in [4.69, 9.17) is 4.42 Å². The third-order valence-corrected chi connectivity index (χ3v) is 4.56. The lowest BCUT2D eigenvalue weighted by Gasteiger charge is -2.17. The highest BCUT2D eigenvalue weighted by atomic mass is 79.9. The van der Waals surface area contributed by atoms with Crippen LogP contribution in [-0.2, 0) is 0 Å². The van der Waals surface area contributed by atoms with Crippen molar-refractivity contribution in [1.29, 1.82) is 0 Å². The van der Waals surface area contributed by atoms with E-state index in [1.54, 1.807) is 17.6 Å². The third kappa shape index (κ3) is 2.56. The second-order valence-electron chi connectivity index (χ2n) is 3.76. The molecule has 0 bridgehead atoms. The van der Waals surface area contributed by atoms with Crippen LogP contribution in [0.4, 0.5) is 0 Å². The van der Waals surface area contributed by atoms with Gasteiger partial charge >= 0.3 is 0 Å². The lowest BCUT2D eigenvalue weighted by atomic mass is 10.2. The van der Waals surface area contributed by atoms with Gasteiger partial charge in [-0.2, -0.15) is 0 Å². The van der Waals surface area contributed by atoms with Crippen LogP contribution >= 0.6 is 27.3 Å². The molecule has 2 aromatic rings. The lowest BCUT2D eigenvalue weighted by Crippen LogP contribution is -2.21. The number of halogens is 1. The highest BCUT2D eigenvalue weighted by Crippen LogP contribution is 2.30. The first kappa shape index (κ1) is 11.9. The smallest absolute Gasteiger partial charge is 0.120 e. The Morgan fingerprint density at radius 1 is 1.31 bits per heavy atom. The van der Waals surface area contributed by atoms with E-state index in [0.29, 0.717) is 6.04 Å². The molecule has 0 spiro atoms. The Bertz CT molecular complexity index is 438. The summed E-state index contributed by atoms with van der Waals surface area (Å²) in [7, 11) is 0. The zero-order chi connectivity index (χ0) is 11.5. The Labute approximate surface area is 108 Å². The maximum atomic E-state index is 5.37. The molecule has 1 N–H and O–H groups in total.